The maximum absolute atomic E-state index is 9.12. The number of benzene rings is 1. The summed E-state index contributed by atoms with van der Waals surface area (Å²) < 4.78 is 11.2. The summed E-state index contributed by atoms with van der Waals surface area (Å²) in [5.74, 6) is 0. The van der Waals surface area contributed by atoms with Crippen molar-refractivity contribution in [2.24, 2.45) is 0 Å². The van der Waals surface area contributed by atoms with E-state index in [0.29, 0.717) is 6.61 Å². The van der Waals surface area contributed by atoms with Crippen LogP contribution in [0.4, 0.5) is 0 Å². The fourth-order valence-corrected chi connectivity index (χ4v) is 2.37. The van der Waals surface area contributed by atoms with Gasteiger partial charge in [-0.05, 0) is 31.2 Å². The molecule has 18 heavy (non-hydrogen) atoms. The fourth-order valence-electron chi connectivity index (χ4n) is 2.37. The molecule has 0 bridgehead atoms. The summed E-state index contributed by atoms with van der Waals surface area (Å²) in [5.41, 5.74) is 0.619. The number of hydrogen-bond acceptors (Lipinski definition) is 3. The van der Waals surface area contributed by atoms with E-state index in [2.05, 4.69) is 18.2 Å². The first kappa shape index (κ1) is 13.1. The highest BCUT2D eigenvalue weighted by Gasteiger charge is 2.35. The summed E-state index contributed by atoms with van der Waals surface area (Å²) in [6.07, 6.45) is 3.57. The van der Waals surface area contributed by atoms with Crippen molar-refractivity contribution < 1.29 is 9.47 Å². The highest BCUT2D eigenvalue weighted by Crippen LogP contribution is 2.32. The zero-order valence-corrected chi connectivity index (χ0v) is 10.8. The number of ether oxygens (including phenoxy) is 2. The van der Waals surface area contributed by atoms with Crippen LogP contribution in [-0.4, -0.2) is 18.8 Å². The van der Waals surface area contributed by atoms with Crippen LogP contribution in [0.25, 0.3) is 0 Å². The molecule has 0 heterocycles. The Labute approximate surface area is 108 Å². The van der Waals surface area contributed by atoms with Crippen LogP contribution in [0, 0.1) is 11.3 Å². The lowest BCUT2D eigenvalue weighted by Gasteiger charge is -2.33. The Morgan fingerprint density at radius 3 is 2.50 bits per heavy atom. The van der Waals surface area contributed by atoms with Gasteiger partial charge in [0.1, 0.15) is 0 Å². The molecule has 3 heteroatoms. The van der Waals surface area contributed by atoms with Crippen molar-refractivity contribution in [3.63, 3.8) is 0 Å². The van der Waals surface area contributed by atoms with Gasteiger partial charge >= 0.3 is 0 Å². The summed E-state index contributed by atoms with van der Waals surface area (Å²) in [5, 5.41) is 9.12. The Hall–Kier alpha value is -1.37. The maximum Gasteiger partial charge on any atom is 0.154 e. The largest absolute Gasteiger partial charge is 0.374 e. The van der Waals surface area contributed by atoms with Crippen LogP contribution in [-0.2, 0) is 16.1 Å². The molecule has 0 unspecified atom stereocenters. The molecule has 0 atom stereocenters. The second-order valence-electron chi connectivity index (χ2n) is 4.81. The lowest BCUT2D eigenvalue weighted by Crippen LogP contribution is -2.37. The van der Waals surface area contributed by atoms with E-state index in [1.165, 1.54) is 5.56 Å². The third kappa shape index (κ3) is 3.10. The first-order chi connectivity index (χ1) is 8.78. The molecular weight excluding hydrogens is 226 g/mol. The van der Waals surface area contributed by atoms with Gasteiger partial charge in [-0.1, -0.05) is 30.3 Å². The van der Waals surface area contributed by atoms with Crippen molar-refractivity contribution in [1.82, 2.24) is 0 Å². The van der Waals surface area contributed by atoms with Gasteiger partial charge in [0.05, 0.1) is 18.8 Å². The van der Waals surface area contributed by atoms with E-state index in [4.69, 9.17) is 14.7 Å². The van der Waals surface area contributed by atoms with Crippen LogP contribution in [0.3, 0.4) is 0 Å². The first-order valence-electron chi connectivity index (χ1n) is 6.40. The Balaban J connectivity index is 1.79. The van der Waals surface area contributed by atoms with Gasteiger partial charge in [-0.15, -0.1) is 0 Å². The van der Waals surface area contributed by atoms with Crippen molar-refractivity contribution in [2.75, 3.05) is 7.11 Å². The molecular formula is C15H19NO2. The number of nitrogens with zero attached hydrogens (tertiary/aromatic N) is 1. The van der Waals surface area contributed by atoms with Crippen LogP contribution >= 0.6 is 0 Å². The van der Waals surface area contributed by atoms with Gasteiger partial charge in [-0.25, -0.2) is 0 Å². The highest BCUT2D eigenvalue weighted by molar-refractivity contribution is 5.13. The molecule has 1 fully saturated rings. The van der Waals surface area contributed by atoms with E-state index < -0.39 is 5.60 Å². The van der Waals surface area contributed by atoms with Crippen LogP contribution in [0.2, 0.25) is 0 Å². The molecule has 0 amide bonds. The number of nitriles is 1. The average molecular weight is 245 g/mol. The quantitative estimate of drug-likeness (QED) is 0.818. The Morgan fingerprint density at radius 2 is 1.94 bits per heavy atom. The van der Waals surface area contributed by atoms with Gasteiger partial charge < -0.3 is 9.47 Å². The van der Waals surface area contributed by atoms with Crippen molar-refractivity contribution in [1.29, 1.82) is 5.26 Å². The summed E-state index contributed by atoms with van der Waals surface area (Å²) >= 11 is 0. The van der Waals surface area contributed by atoms with Crippen LogP contribution in [0.1, 0.15) is 31.2 Å². The summed E-state index contributed by atoms with van der Waals surface area (Å²) in [4.78, 5) is 0. The van der Waals surface area contributed by atoms with Crippen molar-refractivity contribution in [3.05, 3.63) is 35.9 Å². The molecule has 2 rings (SSSR count). The summed E-state index contributed by atoms with van der Waals surface area (Å²) in [7, 11) is 1.62. The molecule has 1 aromatic rings. The number of methoxy groups -OCH3 is 1. The number of hydrogen-bond donors (Lipinski definition) is 0. The first-order valence-corrected chi connectivity index (χ1v) is 6.40. The van der Waals surface area contributed by atoms with Crippen LogP contribution in [0.15, 0.2) is 30.3 Å². The fraction of sp³-hybridized carbons (Fsp3) is 0.533. The molecule has 0 saturated heterocycles. The molecule has 1 aliphatic rings. The SMILES string of the molecule is COC1(C#N)CCC(OCc2ccccc2)CC1. The average Bonchev–Trinajstić information content (AvgIpc) is 2.47. The van der Waals surface area contributed by atoms with Crippen molar-refractivity contribution in [2.45, 2.75) is 44.0 Å². The molecule has 0 aromatic heterocycles. The molecule has 1 aliphatic carbocycles. The second-order valence-corrected chi connectivity index (χ2v) is 4.81. The highest BCUT2D eigenvalue weighted by atomic mass is 16.5. The minimum Gasteiger partial charge on any atom is -0.374 e. The third-order valence-electron chi connectivity index (χ3n) is 3.66. The Bertz CT molecular complexity index is 402. The predicted molar refractivity (Wildman–Crippen MR) is 68.8 cm³/mol. The minimum absolute atomic E-state index is 0.252. The van der Waals surface area contributed by atoms with Gasteiger partial charge in [-0.3, -0.25) is 0 Å². The molecule has 1 saturated carbocycles. The monoisotopic (exact) mass is 245 g/mol. The molecule has 0 spiro atoms. The minimum atomic E-state index is -0.577. The van der Waals surface area contributed by atoms with Crippen LogP contribution < -0.4 is 0 Å². The molecule has 0 N–H and O–H groups in total. The van der Waals surface area contributed by atoms with Gasteiger partial charge in [0.2, 0.25) is 0 Å². The normalized spacial score (nSPS) is 27.7. The smallest absolute Gasteiger partial charge is 0.154 e. The van der Waals surface area contributed by atoms with E-state index in [9.17, 15) is 0 Å². The van der Waals surface area contributed by atoms with E-state index >= 15 is 0 Å². The molecule has 1 aromatic carbocycles. The lowest BCUT2D eigenvalue weighted by molar-refractivity contribution is -0.0529. The van der Waals surface area contributed by atoms with Crippen molar-refractivity contribution >= 4 is 0 Å². The van der Waals surface area contributed by atoms with E-state index in [1.54, 1.807) is 7.11 Å². The topological polar surface area (TPSA) is 42.2 Å². The Morgan fingerprint density at radius 1 is 1.28 bits per heavy atom. The zero-order valence-electron chi connectivity index (χ0n) is 10.8. The standard InChI is InChI=1S/C15H19NO2/c1-17-15(12-16)9-7-14(8-10-15)18-11-13-5-3-2-4-6-13/h2-6,14H,7-11H2,1H3. The maximum atomic E-state index is 9.12. The second kappa shape index (κ2) is 5.99. The van der Waals surface area contributed by atoms with Gasteiger partial charge in [-0.2, -0.15) is 5.26 Å². The summed E-state index contributed by atoms with van der Waals surface area (Å²) in [6.45, 7) is 0.651. The lowest BCUT2D eigenvalue weighted by atomic mass is 9.84. The van der Waals surface area contributed by atoms with Crippen LogP contribution in [0.5, 0.6) is 0 Å². The van der Waals surface area contributed by atoms with E-state index in [1.807, 2.05) is 18.2 Å². The van der Waals surface area contributed by atoms with Crippen molar-refractivity contribution in [3.8, 4) is 6.07 Å². The number of rotatable bonds is 4. The van der Waals surface area contributed by atoms with Gasteiger partial charge in [0.25, 0.3) is 0 Å². The third-order valence-corrected chi connectivity index (χ3v) is 3.66. The predicted octanol–water partition coefficient (Wildman–Crippen LogP) is 3.05. The Kier molecular flexibility index (Phi) is 4.35. The zero-order chi connectivity index (χ0) is 12.8. The molecule has 3 nitrogen and oxygen atoms in total. The molecule has 0 radical (unpaired) electrons. The van der Waals surface area contributed by atoms with E-state index in [-0.39, 0.29) is 6.10 Å². The summed E-state index contributed by atoms with van der Waals surface area (Å²) in [6, 6.07) is 12.5. The van der Waals surface area contributed by atoms with E-state index in [0.717, 1.165) is 25.7 Å². The molecule has 96 valence electrons. The van der Waals surface area contributed by atoms with Gasteiger partial charge in [0.15, 0.2) is 5.60 Å². The van der Waals surface area contributed by atoms with Gasteiger partial charge in [0, 0.05) is 7.11 Å². The molecule has 0 aliphatic heterocycles.